The molecule has 0 saturated carbocycles. The fraction of sp³-hybridized carbons (Fsp3) is 0. The van der Waals surface area contributed by atoms with Gasteiger partial charge in [-0.15, -0.1) is 5.34 Å². The van der Waals surface area contributed by atoms with E-state index in [1.807, 2.05) is 0 Å². The van der Waals surface area contributed by atoms with Crippen molar-refractivity contribution in [2.24, 2.45) is 5.34 Å². The van der Waals surface area contributed by atoms with Crippen molar-refractivity contribution in [2.45, 2.75) is 0 Å². The first-order chi connectivity index (χ1) is 3.41. The minimum atomic E-state index is 0. The largest absolute Gasteiger partial charge is 2.00 e. The van der Waals surface area contributed by atoms with E-state index in [2.05, 4.69) is 0 Å². The smallest absolute Gasteiger partial charge is 0.512 e. The second-order valence-electron chi connectivity index (χ2n) is 0.0745. The first-order valence-corrected chi connectivity index (χ1v) is 0.812. The van der Waals surface area contributed by atoms with Gasteiger partial charge in [-0.1, -0.05) is 0 Å². The van der Waals surface area contributed by atoms with Gasteiger partial charge in [-0.25, -0.2) is 0 Å². The maximum absolute atomic E-state index is 8.00. The van der Waals surface area contributed by atoms with Gasteiger partial charge < -0.3 is 44.7 Å². The van der Waals surface area contributed by atoms with Gasteiger partial charge in [0.1, 0.15) is 0 Å². The molecule has 9 heteroatoms. The van der Waals surface area contributed by atoms with E-state index in [1.165, 1.54) is 0 Å². The maximum atomic E-state index is 8.00. The summed E-state index contributed by atoms with van der Waals surface area (Å²) in [5.41, 5.74) is 0. The third-order valence-electron chi connectivity index (χ3n) is 0. The number of hydrogen-bond donors (Lipinski definition) is 0. The molecule has 11 heavy (non-hydrogen) atoms. The molecule has 0 fully saturated rings. The Bertz CT molecular complexity index is 62.8. The molecule has 0 amide bonds. The summed E-state index contributed by atoms with van der Waals surface area (Å²) in [5.74, 6) is 0. The van der Waals surface area contributed by atoms with Crippen LogP contribution in [0, 0.1) is 33.8 Å². The number of rotatable bonds is 0. The zero-order chi connectivity index (χ0) is 6.71. The molecule has 4 N–H and O–H groups in total. The van der Waals surface area contributed by atoms with Crippen molar-refractivity contribution in [1.29, 1.82) is 10.5 Å². The van der Waals surface area contributed by atoms with Crippen LogP contribution in [-0.2, 0) is 17.1 Å². The van der Waals surface area contributed by atoms with Gasteiger partial charge in [0.15, 0.2) is 0 Å². The molecule has 7 nitrogen and oxygen atoms in total. The van der Waals surface area contributed by atoms with Gasteiger partial charge in [-0.2, -0.15) is 0 Å². The summed E-state index contributed by atoms with van der Waals surface area (Å²) in [5, 5.41) is 21.5. The predicted octanol–water partition coefficient (Wildman–Crippen LogP) is -4.20. The molecule has 0 aromatic rings. The molecule has 0 radical (unpaired) electrons. The van der Waals surface area contributed by atoms with Gasteiger partial charge in [0.05, 0.1) is 0 Å². The van der Waals surface area contributed by atoms with Crippen LogP contribution in [0.3, 0.4) is 0 Å². The second kappa shape index (κ2) is 1140. The van der Waals surface area contributed by atoms with E-state index in [0.29, 0.717) is 0 Å². The molecule has 0 saturated heterocycles. The van der Waals surface area contributed by atoms with E-state index < -0.39 is 0 Å². The quantitative estimate of drug-likeness (QED) is 0.172. The van der Waals surface area contributed by atoms with Gasteiger partial charge in [-0.05, 0) is 0 Å². The first kappa shape index (κ1) is 71.5. The van der Waals surface area contributed by atoms with Gasteiger partial charge in [-0.3, -0.25) is 0 Å². The summed E-state index contributed by atoms with van der Waals surface area (Å²) < 4.78 is 0. The minimum Gasteiger partial charge on any atom is -0.512 e. The first-order valence-electron chi connectivity index (χ1n) is 0.812. The van der Waals surface area contributed by atoms with Crippen molar-refractivity contribution in [3.8, 4) is 0 Å². The normalized spacial score (nSPS) is 1.45. The predicted molar refractivity (Wildman–Crippen MR) is 26.3 cm³/mol. The van der Waals surface area contributed by atoms with E-state index in [4.69, 9.17) is 33.8 Å². The standard InChI is InChI=1S/2CN.Fe.HNO2.Na.2H2O/c2*1-2;;2-1-3;;;/h;;;(H,2,3);;2*1H2/q2*-1;+2;;+1;;/p-1. The van der Waals surface area contributed by atoms with Crippen LogP contribution in [-0.4, -0.2) is 11.0 Å². The minimum absolute atomic E-state index is 0. The monoisotopic (exact) mass is 213 g/mol. The molecule has 0 bridgehead atoms. The Kier molecular flexibility index (Phi) is 7390. The van der Waals surface area contributed by atoms with Crippen LogP contribution in [0.15, 0.2) is 5.34 Å². The van der Waals surface area contributed by atoms with E-state index in [9.17, 15) is 0 Å². The van der Waals surface area contributed by atoms with Crippen LogP contribution in [0.5, 0.6) is 0 Å². The van der Waals surface area contributed by atoms with Crippen LogP contribution in [0.4, 0.5) is 0 Å². The summed E-state index contributed by atoms with van der Waals surface area (Å²) in [6.07, 6.45) is 0. The van der Waals surface area contributed by atoms with Crippen LogP contribution < -0.4 is 29.6 Å². The molecule has 0 spiro atoms. The summed E-state index contributed by atoms with van der Waals surface area (Å²) in [6.45, 7) is 9.50. The summed E-state index contributed by atoms with van der Waals surface area (Å²) in [7, 11) is 0. The van der Waals surface area contributed by atoms with E-state index in [0.717, 1.165) is 5.34 Å². The van der Waals surface area contributed by atoms with Gasteiger partial charge in [0.25, 0.3) is 0 Å². The van der Waals surface area contributed by atoms with Gasteiger partial charge in [0, 0.05) is 0 Å². The van der Waals surface area contributed by atoms with E-state index in [1.54, 1.807) is 0 Å². The summed E-state index contributed by atoms with van der Waals surface area (Å²) >= 11 is 0. The Balaban J connectivity index is -0.00000000378. The molecule has 0 atom stereocenters. The van der Waals surface area contributed by atoms with Crippen molar-refractivity contribution >= 4 is 0 Å². The average Bonchev–Trinajstić information content (AvgIpc) is 1.78. The zero-order valence-electron chi connectivity index (χ0n) is 5.51. The van der Waals surface area contributed by atoms with Gasteiger partial charge >= 0.3 is 46.6 Å². The summed E-state index contributed by atoms with van der Waals surface area (Å²) in [6, 6.07) is 0. The molecule has 0 unspecified atom stereocenters. The molecule has 0 aromatic heterocycles. The van der Waals surface area contributed by atoms with Crippen LogP contribution >= 0.6 is 0 Å². The molecule has 0 aromatic carbocycles. The Morgan fingerprint density at radius 2 is 1.09 bits per heavy atom. The Morgan fingerprint density at radius 1 is 1.09 bits per heavy atom. The molecule has 0 heterocycles. The molecule has 0 rings (SSSR count). The summed E-state index contributed by atoms with van der Waals surface area (Å²) in [4.78, 5) is 8.00. The Hall–Kier alpha value is -0.181. The fourth-order valence-electron chi connectivity index (χ4n) is 0. The molecule has 0 aliphatic rings. The molecular formula is C2H4FeN3NaO4. The number of hydrogen-bond acceptors (Lipinski definition) is 5. The van der Waals surface area contributed by atoms with Crippen LogP contribution in [0.2, 0.25) is 0 Å². The molecular weight excluding hydrogens is 209 g/mol. The second-order valence-corrected chi connectivity index (χ2v) is 0.0745. The molecule has 0 aliphatic carbocycles. The third kappa shape index (κ3) is 18400. The topological polar surface area (TPSA) is 163 Å². The zero-order valence-corrected chi connectivity index (χ0v) is 8.62. The van der Waals surface area contributed by atoms with Gasteiger partial charge in [0.2, 0.25) is 0 Å². The third-order valence-corrected chi connectivity index (χ3v) is 0. The Labute approximate surface area is 96.3 Å². The van der Waals surface area contributed by atoms with Crippen LogP contribution in [0.25, 0.3) is 0 Å². The average molecular weight is 213 g/mol. The fourth-order valence-corrected chi connectivity index (χ4v) is 0. The maximum Gasteiger partial charge on any atom is 2.00 e. The van der Waals surface area contributed by atoms with Crippen molar-refractivity contribution in [3.05, 3.63) is 23.3 Å². The van der Waals surface area contributed by atoms with E-state index >= 15 is 0 Å². The van der Waals surface area contributed by atoms with Crippen molar-refractivity contribution in [2.75, 3.05) is 0 Å². The van der Waals surface area contributed by atoms with Crippen molar-refractivity contribution in [1.82, 2.24) is 0 Å². The SMILES string of the molecule is O.O.O=N[O-].[C-]#N.[C-]#N.[Fe+2].[Na+]. The number of nitrogens with zero attached hydrogens (tertiary/aromatic N) is 3. The molecule has 0 aliphatic heterocycles. The Morgan fingerprint density at radius 3 is 1.09 bits per heavy atom. The molecule has 60 valence electrons. The van der Waals surface area contributed by atoms with Crippen molar-refractivity contribution < 1.29 is 57.6 Å². The van der Waals surface area contributed by atoms with Crippen LogP contribution in [0.1, 0.15) is 0 Å². The van der Waals surface area contributed by atoms with Crippen molar-refractivity contribution in [3.63, 3.8) is 0 Å². The van der Waals surface area contributed by atoms with E-state index in [-0.39, 0.29) is 57.6 Å².